The highest BCUT2D eigenvalue weighted by Gasteiger charge is 2.23. The minimum Gasteiger partial charge on any atom is -0.358 e. The zero-order valence-electron chi connectivity index (χ0n) is 13.0. The van der Waals surface area contributed by atoms with Crippen LogP contribution in [0.15, 0.2) is 12.1 Å². The molecule has 2 N–H and O–H groups in total. The van der Waals surface area contributed by atoms with E-state index < -0.39 is 0 Å². The zero-order chi connectivity index (χ0) is 14.1. The molecule has 0 amide bonds. The normalized spacial score (nSPS) is 19.1. The minimum absolute atomic E-state index is 0.530. The molecule has 0 aliphatic heterocycles. The molecule has 2 nitrogen and oxygen atoms in total. The molecule has 2 aromatic rings. The molecular weight excluding hydrogens is 244 g/mol. The second-order valence-corrected chi connectivity index (χ2v) is 6.27. The number of fused-ring (bicyclic) bond motifs is 3. The van der Waals surface area contributed by atoms with Crippen LogP contribution < -0.4 is 5.32 Å². The number of hydrogen-bond acceptors (Lipinski definition) is 1. The van der Waals surface area contributed by atoms with Gasteiger partial charge in [-0.2, -0.15) is 0 Å². The van der Waals surface area contributed by atoms with Crippen molar-refractivity contribution in [1.29, 1.82) is 0 Å². The highest BCUT2D eigenvalue weighted by molar-refractivity contribution is 5.88. The van der Waals surface area contributed by atoms with Crippen LogP contribution in [0.2, 0.25) is 0 Å². The first-order chi connectivity index (χ1) is 9.70. The number of nitrogens with one attached hydrogen (secondary N) is 2. The van der Waals surface area contributed by atoms with Gasteiger partial charge in [0, 0.05) is 22.6 Å². The first kappa shape index (κ1) is 13.7. The van der Waals surface area contributed by atoms with E-state index >= 15 is 0 Å². The third-order valence-electron chi connectivity index (χ3n) is 4.53. The Hall–Kier alpha value is -1.28. The summed E-state index contributed by atoms with van der Waals surface area (Å²) in [6.07, 6.45) is 6.31. The van der Waals surface area contributed by atoms with Crippen LogP contribution in [0.25, 0.3) is 10.9 Å². The van der Waals surface area contributed by atoms with E-state index in [9.17, 15) is 0 Å². The number of hydrogen-bond donors (Lipinski definition) is 2. The Labute approximate surface area is 122 Å². The fraction of sp³-hybridized carbons (Fsp3) is 0.556. The lowest BCUT2D eigenvalue weighted by Crippen LogP contribution is -2.22. The number of rotatable bonds is 3. The van der Waals surface area contributed by atoms with Crippen molar-refractivity contribution in [3.63, 3.8) is 0 Å². The Morgan fingerprint density at radius 2 is 2.10 bits per heavy atom. The Kier molecular flexibility index (Phi) is 3.84. The lowest BCUT2D eigenvalue weighted by atomic mass is 9.98. The maximum Gasteiger partial charge on any atom is 0.0489 e. The molecule has 1 atom stereocenters. The molecule has 1 aromatic heterocycles. The van der Waals surface area contributed by atoms with Gasteiger partial charge in [-0.3, -0.25) is 0 Å². The fourth-order valence-corrected chi connectivity index (χ4v) is 3.64. The van der Waals surface area contributed by atoms with Gasteiger partial charge in [-0.05, 0) is 63.3 Å². The Bertz CT molecular complexity index is 609. The van der Waals surface area contributed by atoms with Crippen LogP contribution in [0.5, 0.6) is 0 Å². The van der Waals surface area contributed by atoms with Crippen molar-refractivity contribution in [2.75, 3.05) is 6.54 Å². The van der Waals surface area contributed by atoms with Gasteiger partial charge in [0.25, 0.3) is 0 Å². The number of benzene rings is 1. The average Bonchev–Trinajstić information content (AvgIpc) is 2.65. The van der Waals surface area contributed by atoms with Crippen molar-refractivity contribution in [1.82, 2.24) is 10.3 Å². The topological polar surface area (TPSA) is 27.8 Å². The van der Waals surface area contributed by atoms with Gasteiger partial charge in [-0.25, -0.2) is 0 Å². The van der Waals surface area contributed by atoms with Gasteiger partial charge in [0.15, 0.2) is 0 Å². The summed E-state index contributed by atoms with van der Waals surface area (Å²) in [6.45, 7) is 7.78. The predicted molar refractivity (Wildman–Crippen MR) is 86.4 cm³/mol. The van der Waals surface area contributed by atoms with Crippen LogP contribution in [0, 0.1) is 13.8 Å². The first-order valence-electron chi connectivity index (χ1n) is 8.05. The van der Waals surface area contributed by atoms with Gasteiger partial charge in [-0.15, -0.1) is 0 Å². The second kappa shape index (κ2) is 5.61. The van der Waals surface area contributed by atoms with Crippen LogP contribution in [-0.2, 0) is 6.42 Å². The summed E-state index contributed by atoms with van der Waals surface area (Å²) in [6, 6.07) is 5.18. The molecular formula is C18H26N2. The molecule has 20 heavy (non-hydrogen) atoms. The molecule has 0 spiro atoms. The molecule has 1 heterocycles. The van der Waals surface area contributed by atoms with E-state index in [0.29, 0.717) is 6.04 Å². The Morgan fingerprint density at radius 3 is 2.90 bits per heavy atom. The molecule has 0 saturated heterocycles. The van der Waals surface area contributed by atoms with E-state index in [2.05, 4.69) is 43.2 Å². The van der Waals surface area contributed by atoms with Crippen LogP contribution in [0.1, 0.15) is 61.0 Å². The summed E-state index contributed by atoms with van der Waals surface area (Å²) >= 11 is 0. The standard InChI is InChI=1S/C18H26N2/c1-4-9-19-15-7-5-6-8-16-17(15)14-11-12(2)10-13(3)18(14)20-16/h10-11,15,19-20H,4-9H2,1-3H3. The minimum atomic E-state index is 0.530. The van der Waals surface area contributed by atoms with Gasteiger partial charge < -0.3 is 10.3 Å². The molecule has 0 saturated carbocycles. The number of H-pyrrole nitrogens is 1. The largest absolute Gasteiger partial charge is 0.358 e. The molecule has 0 bridgehead atoms. The SMILES string of the molecule is CCCNC1CCCCc2[nH]c3c(C)cc(C)cc3c21. The molecule has 2 heteroatoms. The Morgan fingerprint density at radius 1 is 1.25 bits per heavy atom. The van der Waals surface area contributed by atoms with E-state index in [1.54, 1.807) is 5.56 Å². The molecule has 1 aromatic carbocycles. The molecule has 3 rings (SSSR count). The molecule has 1 aliphatic rings. The first-order valence-corrected chi connectivity index (χ1v) is 8.05. The van der Waals surface area contributed by atoms with Crippen molar-refractivity contribution in [2.45, 2.75) is 58.9 Å². The summed E-state index contributed by atoms with van der Waals surface area (Å²) in [5.74, 6) is 0. The van der Waals surface area contributed by atoms with Crippen LogP contribution >= 0.6 is 0 Å². The quantitative estimate of drug-likeness (QED) is 0.787. The van der Waals surface area contributed by atoms with Crippen molar-refractivity contribution in [3.8, 4) is 0 Å². The zero-order valence-corrected chi connectivity index (χ0v) is 13.0. The van der Waals surface area contributed by atoms with E-state index in [0.717, 1.165) is 6.54 Å². The monoisotopic (exact) mass is 270 g/mol. The van der Waals surface area contributed by atoms with E-state index in [-0.39, 0.29) is 0 Å². The van der Waals surface area contributed by atoms with Gasteiger partial charge in [0.2, 0.25) is 0 Å². The molecule has 108 valence electrons. The second-order valence-electron chi connectivity index (χ2n) is 6.27. The van der Waals surface area contributed by atoms with Crippen molar-refractivity contribution >= 4 is 10.9 Å². The summed E-state index contributed by atoms with van der Waals surface area (Å²) in [7, 11) is 0. The number of aromatic nitrogens is 1. The van der Waals surface area contributed by atoms with Crippen molar-refractivity contribution in [3.05, 3.63) is 34.5 Å². The predicted octanol–water partition coefficient (Wildman–Crippen LogP) is 4.55. The Balaban J connectivity index is 2.14. The summed E-state index contributed by atoms with van der Waals surface area (Å²) in [4.78, 5) is 3.72. The fourth-order valence-electron chi connectivity index (χ4n) is 3.64. The van der Waals surface area contributed by atoms with Crippen molar-refractivity contribution in [2.24, 2.45) is 0 Å². The van der Waals surface area contributed by atoms with Gasteiger partial charge in [0.05, 0.1) is 0 Å². The number of aromatic amines is 1. The lowest BCUT2D eigenvalue weighted by molar-refractivity contribution is 0.492. The van der Waals surface area contributed by atoms with Crippen LogP contribution in [0.4, 0.5) is 0 Å². The average molecular weight is 270 g/mol. The van der Waals surface area contributed by atoms with Gasteiger partial charge in [0.1, 0.15) is 0 Å². The van der Waals surface area contributed by atoms with Crippen molar-refractivity contribution < 1.29 is 0 Å². The molecule has 0 fully saturated rings. The number of aryl methyl sites for hydroxylation is 3. The maximum atomic E-state index is 3.76. The smallest absolute Gasteiger partial charge is 0.0489 e. The summed E-state index contributed by atoms with van der Waals surface area (Å²) < 4.78 is 0. The van der Waals surface area contributed by atoms with Gasteiger partial charge >= 0.3 is 0 Å². The van der Waals surface area contributed by atoms with Crippen LogP contribution in [-0.4, -0.2) is 11.5 Å². The molecule has 0 radical (unpaired) electrons. The molecule has 1 aliphatic carbocycles. The highest BCUT2D eigenvalue weighted by Crippen LogP contribution is 2.36. The molecule has 1 unspecified atom stereocenters. The van der Waals surface area contributed by atoms with E-state index in [1.807, 2.05) is 0 Å². The summed E-state index contributed by atoms with van der Waals surface area (Å²) in [5.41, 5.74) is 7.13. The van der Waals surface area contributed by atoms with E-state index in [4.69, 9.17) is 0 Å². The lowest BCUT2D eigenvalue weighted by Gasteiger charge is -2.18. The highest BCUT2D eigenvalue weighted by atomic mass is 14.9. The summed E-state index contributed by atoms with van der Waals surface area (Å²) in [5, 5.41) is 5.22. The third kappa shape index (κ3) is 2.37. The maximum absolute atomic E-state index is 3.76. The van der Waals surface area contributed by atoms with Crippen LogP contribution in [0.3, 0.4) is 0 Å². The van der Waals surface area contributed by atoms with E-state index in [1.165, 1.54) is 59.8 Å². The van der Waals surface area contributed by atoms with Gasteiger partial charge in [-0.1, -0.05) is 25.0 Å². The third-order valence-corrected chi connectivity index (χ3v) is 4.53.